The zero-order chi connectivity index (χ0) is 29.1. The second-order valence-corrected chi connectivity index (χ2v) is 10.0. The number of fused-ring (bicyclic) bond motifs is 1. The van der Waals surface area contributed by atoms with Gasteiger partial charge in [0.05, 0.1) is 0 Å². The Kier molecular flexibility index (Phi) is 10.8. The highest BCUT2D eigenvalue weighted by Crippen LogP contribution is 2.22. The number of ether oxygens (including phenoxy) is 1. The number of carboxylic acids is 1. The summed E-state index contributed by atoms with van der Waals surface area (Å²) in [6.45, 7) is 3.76. The van der Waals surface area contributed by atoms with Crippen LogP contribution in [0.3, 0.4) is 0 Å². The Hall–Kier alpha value is -4.24. The average Bonchev–Trinajstić information content (AvgIpc) is 2.95. The molecule has 2 amide bonds. The number of nitrogens with two attached hydrogens (primary N) is 1. The summed E-state index contributed by atoms with van der Waals surface area (Å²) in [5.74, 6) is -4.15. The van der Waals surface area contributed by atoms with Gasteiger partial charge in [-0.3, -0.25) is 19.2 Å². The van der Waals surface area contributed by atoms with Crippen LogP contribution in [-0.4, -0.2) is 41.1 Å². The van der Waals surface area contributed by atoms with Gasteiger partial charge < -0.3 is 26.2 Å². The first-order valence-corrected chi connectivity index (χ1v) is 13.4. The molecule has 3 aromatic rings. The maximum absolute atomic E-state index is 13.6. The molecule has 0 aliphatic rings. The highest BCUT2D eigenvalue weighted by atomic mass is 16.5. The molecule has 5 N–H and O–H groups in total. The van der Waals surface area contributed by atoms with Crippen molar-refractivity contribution in [2.45, 2.75) is 51.8 Å². The number of rotatable bonds is 14. The maximum Gasteiger partial charge on any atom is 0.313 e. The molecule has 0 radical (unpaired) electrons. The normalized spacial score (nSPS) is 14.0. The number of amides is 2. The molecule has 3 atom stereocenters. The van der Waals surface area contributed by atoms with Crippen LogP contribution >= 0.6 is 0 Å². The zero-order valence-electron chi connectivity index (χ0n) is 22.9. The zero-order valence-corrected chi connectivity index (χ0v) is 22.9. The van der Waals surface area contributed by atoms with Gasteiger partial charge in [-0.2, -0.15) is 0 Å². The van der Waals surface area contributed by atoms with Crippen molar-refractivity contribution < 1.29 is 29.0 Å². The average molecular weight is 548 g/mol. The molecule has 212 valence electrons. The first-order valence-electron chi connectivity index (χ1n) is 13.4. The van der Waals surface area contributed by atoms with E-state index in [1.54, 1.807) is 25.1 Å². The monoisotopic (exact) mass is 547 g/mol. The van der Waals surface area contributed by atoms with Gasteiger partial charge in [-0.15, -0.1) is 0 Å². The number of carboxylic acid groups (broad SMARTS) is 1. The van der Waals surface area contributed by atoms with Crippen LogP contribution in [0.4, 0.5) is 0 Å². The summed E-state index contributed by atoms with van der Waals surface area (Å²) in [6.07, 6.45) is 1.20. The van der Waals surface area contributed by atoms with Gasteiger partial charge in [-0.1, -0.05) is 74.5 Å². The van der Waals surface area contributed by atoms with E-state index in [4.69, 9.17) is 15.6 Å². The standard InChI is InChI=1S/C31H37N3O6/c1-3-26(29(38)40-20-22-11-5-4-6-12-22)31(32,30(39)33-19-21(2)10-9-15-27(35)36)34-28(37)25-17-16-23-13-7-8-14-24(23)18-25/h4-8,11-14,16-18,21,26H,3,9-10,15,19-20,32H2,1-2H3,(H,33,39)(H,34,37)(H,35,36). The van der Waals surface area contributed by atoms with E-state index < -0.39 is 35.3 Å². The van der Waals surface area contributed by atoms with E-state index in [-0.39, 0.29) is 37.5 Å². The van der Waals surface area contributed by atoms with Crippen LogP contribution in [0.15, 0.2) is 72.8 Å². The van der Waals surface area contributed by atoms with Crippen molar-refractivity contribution in [3.63, 3.8) is 0 Å². The Labute approximate surface area is 234 Å². The number of aliphatic carboxylic acids is 1. The molecular formula is C31H37N3O6. The summed E-state index contributed by atoms with van der Waals surface area (Å²) in [7, 11) is 0. The molecule has 40 heavy (non-hydrogen) atoms. The summed E-state index contributed by atoms with van der Waals surface area (Å²) in [5, 5.41) is 16.1. The molecule has 0 saturated carbocycles. The Bertz CT molecular complexity index is 1330. The van der Waals surface area contributed by atoms with Crippen molar-refractivity contribution in [2.75, 3.05) is 6.54 Å². The van der Waals surface area contributed by atoms with Crippen molar-refractivity contribution in [3.05, 3.63) is 83.9 Å². The van der Waals surface area contributed by atoms with E-state index in [0.29, 0.717) is 12.8 Å². The SMILES string of the molecule is CCC(C(=O)OCc1ccccc1)C(N)(NC(=O)c1ccc2ccccc2c1)C(=O)NCC(C)CCCC(=O)O. The van der Waals surface area contributed by atoms with Crippen molar-refractivity contribution in [2.24, 2.45) is 17.6 Å². The van der Waals surface area contributed by atoms with Gasteiger partial charge in [0, 0.05) is 18.5 Å². The summed E-state index contributed by atoms with van der Waals surface area (Å²) in [4.78, 5) is 51.0. The summed E-state index contributed by atoms with van der Waals surface area (Å²) < 4.78 is 5.52. The van der Waals surface area contributed by atoms with Gasteiger partial charge in [0.1, 0.15) is 12.5 Å². The van der Waals surface area contributed by atoms with Crippen molar-refractivity contribution in [1.29, 1.82) is 0 Å². The molecule has 3 rings (SSSR count). The second-order valence-electron chi connectivity index (χ2n) is 10.0. The molecule has 0 spiro atoms. The predicted octanol–water partition coefficient (Wildman–Crippen LogP) is 4.00. The number of hydrogen-bond acceptors (Lipinski definition) is 6. The Morgan fingerprint density at radius 2 is 1.65 bits per heavy atom. The highest BCUT2D eigenvalue weighted by Gasteiger charge is 2.47. The van der Waals surface area contributed by atoms with Crippen LogP contribution in [0.2, 0.25) is 0 Å². The fraction of sp³-hybridized carbons (Fsp3) is 0.355. The lowest BCUT2D eigenvalue weighted by molar-refractivity contribution is -0.156. The summed E-state index contributed by atoms with van der Waals surface area (Å²) in [6, 6.07) is 21.8. The number of carbonyl (C=O) groups is 4. The number of benzene rings is 3. The summed E-state index contributed by atoms with van der Waals surface area (Å²) >= 11 is 0. The first-order chi connectivity index (χ1) is 19.1. The second kappa shape index (κ2) is 14.2. The van der Waals surface area contributed by atoms with E-state index in [2.05, 4.69) is 10.6 Å². The molecule has 3 aromatic carbocycles. The lowest BCUT2D eigenvalue weighted by Gasteiger charge is -2.35. The molecule has 0 aromatic heterocycles. The van der Waals surface area contributed by atoms with E-state index in [1.165, 1.54) is 0 Å². The van der Waals surface area contributed by atoms with Crippen molar-refractivity contribution in [3.8, 4) is 0 Å². The lowest BCUT2D eigenvalue weighted by atomic mass is 9.88. The highest BCUT2D eigenvalue weighted by molar-refractivity contribution is 6.03. The fourth-order valence-corrected chi connectivity index (χ4v) is 4.51. The first kappa shape index (κ1) is 30.3. The van der Waals surface area contributed by atoms with Crippen LogP contribution in [0.1, 0.15) is 55.5 Å². The molecule has 0 aliphatic carbocycles. The molecule has 0 bridgehead atoms. The minimum Gasteiger partial charge on any atom is -0.481 e. The lowest BCUT2D eigenvalue weighted by Crippen LogP contribution is -2.70. The molecule has 0 fully saturated rings. The van der Waals surface area contributed by atoms with Gasteiger partial charge in [0.25, 0.3) is 11.8 Å². The molecule has 9 heteroatoms. The number of carbonyl (C=O) groups excluding carboxylic acids is 3. The number of hydrogen-bond donors (Lipinski definition) is 4. The molecule has 0 saturated heterocycles. The van der Waals surface area contributed by atoms with Crippen molar-refractivity contribution >= 4 is 34.5 Å². The van der Waals surface area contributed by atoms with E-state index in [0.717, 1.165) is 16.3 Å². The Morgan fingerprint density at radius 1 is 0.975 bits per heavy atom. The molecule has 0 aliphatic heterocycles. The van der Waals surface area contributed by atoms with Crippen molar-refractivity contribution in [1.82, 2.24) is 10.6 Å². The molecular weight excluding hydrogens is 510 g/mol. The quantitative estimate of drug-likeness (QED) is 0.176. The van der Waals surface area contributed by atoms with Gasteiger partial charge in [0.2, 0.25) is 0 Å². The van der Waals surface area contributed by atoms with Crippen LogP contribution < -0.4 is 16.4 Å². The largest absolute Gasteiger partial charge is 0.481 e. The molecule has 0 heterocycles. The topological polar surface area (TPSA) is 148 Å². The van der Waals surface area contributed by atoms with Crippen LogP contribution in [0, 0.1) is 11.8 Å². The van der Waals surface area contributed by atoms with E-state index >= 15 is 0 Å². The third-order valence-corrected chi connectivity index (χ3v) is 6.87. The third-order valence-electron chi connectivity index (χ3n) is 6.87. The number of esters is 1. The van der Waals surface area contributed by atoms with Crippen LogP contribution in [0.25, 0.3) is 10.8 Å². The minimum atomic E-state index is -2.11. The fourth-order valence-electron chi connectivity index (χ4n) is 4.51. The van der Waals surface area contributed by atoms with Crippen LogP contribution in [-0.2, 0) is 25.7 Å². The summed E-state index contributed by atoms with van der Waals surface area (Å²) in [5.41, 5.74) is 5.57. The van der Waals surface area contributed by atoms with E-state index in [9.17, 15) is 19.2 Å². The predicted molar refractivity (Wildman–Crippen MR) is 152 cm³/mol. The smallest absolute Gasteiger partial charge is 0.313 e. The third kappa shape index (κ3) is 8.13. The number of nitrogens with one attached hydrogen (secondary N) is 2. The van der Waals surface area contributed by atoms with Crippen LogP contribution in [0.5, 0.6) is 0 Å². The van der Waals surface area contributed by atoms with E-state index in [1.807, 2.05) is 61.5 Å². The van der Waals surface area contributed by atoms with Gasteiger partial charge >= 0.3 is 11.9 Å². The van der Waals surface area contributed by atoms with Gasteiger partial charge in [0.15, 0.2) is 5.66 Å². The Morgan fingerprint density at radius 3 is 2.33 bits per heavy atom. The maximum atomic E-state index is 13.6. The van der Waals surface area contributed by atoms with Gasteiger partial charge in [-0.05, 0) is 53.6 Å². The Balaban J connectivity index is 1.81. The minimum absolute atomic E-state index is 0.00684. The molecule has 3 unspecified atom stereocenters. The molecule has 9 nitrogen and oxygen atoms in total. The van der Waals surface area contributed by atoms with Gasteiger partial charge in [-0.25, -0.2) is 0 Å².